The number of nitrogens with one attached hydrogen (secondary N) is 2. The van der Waals surface area contributed by atoms with Crippen LogP contribution in [0.25, 0.3) is 0 Å². The van der Waals surface area contributed by atoms with E-state index in [1.54, 1.807) is 68.6 Å². The van der Waals surface area contributed by atoms with Crippen molar-refractivity contribution in [2.45, 2.75) is 13.3 Å². The van der Waals surface area contributed by atoms with Crippen LogP contribution in [0.2, 0.25) is 5.02 Å². The van der Waals surface area contributed by atoms with Crippen LogP contribution in [0.1, 0.15) is 28.4 Å². The lowest BCUT2D eigenvalue weighted by molar-refractivity contribution is -0.120. The number of hydrazone groups is 1. The lowest BCUT2D eigenvalue weighted by atomic mass is 10.1. The Labute approximate surface area is 185 Å². The Bertz CT molecular complexity index is 1110. The van der Waals surface area contributed by atoms with Crippen LogP contribution in [-0.4, -0.2) is 24.6 Å². The maximum atomic E-state index is 12.4. The summed E-state index contributed by atoms with van der Waals surface area (Å²) in [4.78, 5) is 24.6. The number of anilines is 1. The van der Waals surface area contributed by atoms with Crippen molar-refractivity contribution in [2.24, 2.45) is 5.10 Å². The molecule has 0 saturated heterocycles. The molecule has 0 radical (unpaired) electrons. The van der Waals surface area contributed by atoms with Crippen LogP contribution in [-0.2, 0) is 11.2 Å². The Morgan fingerprint density at radius 3 is 2.39 bits per heavy atom. The monoisotopic (exact) mass is 435 g/mol. The van der Waals surface area contributed by atoms with Gasteiger partial charge in [0.25, 0.3) is 5.91 Å². The van der Waals surface area contributed by atoms with Gasteiger partial charge >= 0.3 is 0 Å². The Hall–Kier alpha value is -3.64. The molecule has 0 fully saturated rings. The van der Waals surface area contributed by atoms with Crippen molar-refractivity contribution >= 4 is 34.8 Å². The fraction of sp³-hybridized carbons (Fsp3) is 0.125. The molecule has 0 spiro atoms. The average Bonchev–Trinajstić information content (AvgIpc) is 2.78. The topological polar surface area (TPSA) is 79.8 Å². The van der Waals surface area contributed by atoms with Crippen molar-refractivity contribution in [2.75, 3.05) is 12.4 Å². The predicted octanol–water partition coefficient (Wildman–Crippen LogP) is 4.68. The van der Waals surface area contributed by atoms with Crippen LogP contribution < -0.4 is 15.5 Å². The summed E-state index contributed by atoms with van der Waals surface area (Å²) >= 11 is 5.95. The highest BCUT2D eigenvalue weighted by molar-refractivity contribution is 6.31. The van der Waals surface area contributed by atoms with Gasteiger partial charge in [0, 0.05) is 16.3 Å². The van der Waals surface area contributed by atoms with Crippen molar-refractivity contribution in [3.63, 3.8) is 0 Å². The fourth-order valence-corrected chi connectivity index (χ4v) is 3.02. The number of rotatable bonds is 7. The first-order chi connectivity index (χ1) is 14.9. The van der Waals surface area contributed by atoms with Crippen molar-refractivity contribution in [3.8, 4) is 5.75 Å². The Morgan fingerprint density at radius 1 is 0.968 bits per heavy atom. The smallest absolute Gasteiger partial charge is 0.255 e. The molecule has 0 aromatic heterocycles. The van der Waals surface area contributed by atoms with Gasteiger partial charge in [-0.3, -0.25) is 9.59 Å². The standard InChI is InChI=1S/C24H22ClN3O3/c1-16(27-28-23(29)13-17-9-11-22(31-2)12-10-17)18-5-4-8-21(15-18)26-24(30)19-6-3-7-20(25)14-19/h3-12,14-15H,13H2,1-2H3,(H,26,30)(H,28,29)/b27-16-. The maximum Gasteiger partial charge on any atom is 0.255 e. The van der Waals surface area contributed by atoms with Crippen molar-refractivity contribution < 1.29 is 14.3 Å². The van der Waals surface area contributed by atoms with E-state index < -0.39 is 0 Å². The maximum absolute atomic E-state index is 12.4. The normalized spacial score (nSPS) is 11.0. The second-order valence-corrected chi connectivity index (χ2v) is 7.24. The van der Waals surface area contributed by atoms with Crippen LogP contribution in [0.5, 0.6) is 5.75 Å². The summed E-state index contributed by atoms with van der Waals surface area (Å²) in [6, 6.07) is 21.2. The summed E-state index contributed by atoms with van der Waals surface area (Å²) in [6.07, 6.45) is 0.205. The highest BCUT2D eigenvalue weighted by atomic mass is 35.5. The van der Waals surface area contributed by atoms with E-state index in [-0.39, 0.29) is 18.2 Å². The minimum absolute atomic E-state index is 0.205. The Balaban J connectivity index is 1.61. The number of benzene rings is 3. The molecular weight excluding hydrogens is 414 g/mol. The molecule has 3 rings (SSSR count). The third-order valence-electron chi connectivity index (χ3n) is 4.50. The third kappa shape index (κ3) is 6.42. The summed E-state index contributed by atoms with van der Waals surface area (Å²) in [6.45, 7) is 1.78. The lowest BCUT2D eigenvalue weighted by Gasteiger charge is -2.08. The molecule has 0 unspecified atom stereocenters. The van der Waals surface area contributed by atoms with E-state index in [9.17, 15) is 9.59 Å². The van der Waals surface area contributed by atoms with E-state index in [2.05, 4.69) is 15.8 Å². The molecule has 6 nitrogen and oxygen atoms in total. The molecule has 3 aromatic rings. The zero-order valence-corrected chi connectivity index (χ0v) is 17.9. The average molecular weight is 436 g/mol. The van der Waals surface area contributed by atoms with Gasteiger partial charge in [-0.15, -0.1) is 0 Å². The van der Waals surface area contributed by atoms with Crippen LogP contribution in [0.3, 0.4) is 0 Å². The summed E-state index contributed by atoms with van der Waals surface area (Å²) in [5, 5.41) is 7.51. The molecule has 2 amide bonds. The van der Waals surface area contributed by atoms with Gasteiger partial charge in [0.2, 0.25) is 5.91 Å². The molecule has 0 bridgehead atoms. The number of hydrogen-bond donors (Lipinski definition) is 2. The van der Waals surface area contributed by atoms with Gasteiger partial charge in [0.1, 0.15) is 5.75 Å². The SMILES string of the molecule is COc1ccc(CC(=O)N/N=C(/C)c2cccc(NC(=O)c3cccc(Cl)c3)c2)cc1. The van der Waals surface area contributed by atoms with Crippen molar-refractivity contribution in [1.82, 2.24) is 5.43 Å². The molecule has 0 heterocycles. The van der Waals surface area contributed by atoms with Crippen LogP contribution >= 0.6 is 11.6 Å². The Kier molecular flexibility index (Phi) is 7.40. The molecule has 158 valence electrons. The number of ether oxygens (including phenoxy) is 1. The first kappa shape index (κ1) is 22.1. The third-order valence-corrected chi connectivity index (χ3v) is 4.73. The number of methoxy groups -OCH3 is 1. The number of amides is 2. The van der Waals surface area contributed by atoms with Gasteiger partial charge in [0.05, 0.1) is 19.2 Å². The fourth-order valence-electron chi connectivity index (χ4n) is 2.83. The summed E-state index contributed by atoms with van der Waals surface area (Å²) in [7, 11) is 1.59. The lowest BCUT2D eigenvalue weighted by Crippen LogP contribution is -2.21. The highest BCUT2D eigenvalue weighted by Gasteiger charge is 2.08. The second-order valence-electron chi connectivity index (χ2n) is 6.80. The largest absolute Gasteiger partial charge is 0.497 e. The highest BCUT2D eigenvalue weighted by Crippen LogP contribution is 2.16. The quantitative estimate of drug-likeness (QED) is 0.417. The van der Waals surface area contributed by atoms with Crippen LogP contribution in [0.4, 0.5) is 5.69 Å². The molecule has 0 saturated carbocycles. The van der Waals surface area contributed by atoms with Gasteiger partial charge in [-0.1, -0.05) is 41.9 Å². The van der Waals surface area contributed by atoms with Gasteiger partial charge in [-0.25, -0.2) is 5.43 Å². The van der Waals surface area contributed by atoms with E-state index in [4.69, 9.17) is 16.3 Å². The molecule has 31 heavy (non-hydrogen) atoms. The number of halogens is 1. The van der Waals surface area contributed by atoms with Crippen LogP contribution in [0, 0.1) is 0 Å². The first-order valence-electron chi connectivity index (χ1n) is 9.58. The number of carbonyl (C=O) groups is 2. The number of nitrogens with zero attached hydrogens (tertiary/aromatic N) is 1. The molecule has 7 heteroatoms. The van der Waals surface area contributed by atoms with Gasteiger partial charge in [0.15, 0.2) is 0 Å². The summed E-state index contributed by atoms with van der Waals surface area (Å²) in [5.41, 5.74) is 5.89. The minimum atomic E-state index is -0.262. The van der Waals surface area contributed by atoms with Gasteiger partial charge in [-0.05, 0) is 60.5 Å². The second kappa shape index (κ2) is 10.4. The molecule has 3 aromatic carbocycles. The Morgan fingerprint density at radius 2 is 1.68 bits per heavy atom. The van der Waals surface area contributed by atoms with Gasteiger partial charge in [-0.2, -0.15) is 5.10 Å². The van der Waals surface area contributed by atoms with E-state index in [0.717, 1.165) is 16.9 Å². The number of hydrogen-bond acceptors (Lipinski definition) is 4. The zero-order chi connectivity index (χ0) is 22.2. The molecule has 0 aliphatic carbocycles. The van der Waals surface area contributed by atoms with E-state index >= 15 is 0 Å². The van der Waals surface area contributed by atoms with E-state index in [0.29, 0.717) is 22.0 Å². The molecular formula is C24H22ClN3O3. The van der Waals surface area contributed by atoms with E-state index in [1.165, 1.54) is 0 Å². The minimum Gasteiger partial charge on any atom is -0.497 e. The van der Waals surface area contributed by atoms with E-state index in [1.807, 2.05) is 18.2 Å². The molecule has 0 aliphatic rings. The molecule has 2 N–H and O–H groups in total. The summed E-state index contributed by atoms with van der Waals surface area (Å²) < 4.78 is 5.11. The zero-order valence-electron chi connectivity index (χ0n) is 17.2. The van der Waals surface area contributed by atoms with Crippen molar-refractivity contribution in [1.29, 1.82) is 0 Å². The van der Waals surface area contributed by atoms with Gasteiger partial charge < -0.3 is 10.1 Å². The number of carbonyl (C=O) groups excluding carboxylic acids is 2. The molecule has 0 atom stereocenters. The van der Waals surface area contributed by atoms with Crippen molar-refractivity contribution in [3.05, 3.63) is 94.5 Å². The summed E-state index contributed by atoms with van der Waals surface area (Å²) in [5.74, 6) is 0.248. The van der Waals surface area contributed by atoms with Crippen LogP contribution in [0.15, 0.2) is 77.9 Å². The first-order valence-corrected chi connectivity index (χ1v) is 9.96. The predicted molar refractivity (Wildman–Crippen MR) is 123 cm³/mol. The molecule has 0 aliphatic heterocycles.